The van der Waals surface area contributed by atoms with Gasteiger partial charge in [-0.15, -0.1) is 0 Å². The van der Waals surface area contributed by atoms with Gasteiger partial charge in [0.15, 0.2) is 0 Å². The third kappa shape index (κ3) is 4.84. The van der Waals surface area contributed by atoms with E-state index >= 15 is 0 Å². The smallest absolute Gasteiger partial charge is 0.270 e. The van der Waals surface area contributed by atoms with E-state index in [0.29, 0.717) is 38.2 Å². The predicted octanol–water partition coefficient (Wildman–Crippen LogP) is 2.13. The number of fused-ring (bicyclic) bond motifs is 1. The van der Waals surface area contributed by atoms with Gasteiger partial charge in [-0.05, 0) is 44.2 Å². The highest BCUT2D eigenvalue weighted by Gasteiger charge is 2.34. The molecular weight excluding hydrogens is 380 g/mol. The molecule has 3 N–H and O–H groups in total. The number of β-amino-alcohol motifs (C(OH)–C–C–N with tert-alkyl or cyclic N) is 1. The second-order valence-corrected chi connectivity index (χ2v) is 8.89. The summed E-state index contributed by atoms with van der Waals surface area (Å²) in [5.74, 6) is 0.0298. The zero-order valence-corrected chi connectivity index (χ0v) is 17.7. The van der Waals surface area contributed by atoms with E-state index in [9.17, 15) is 14.7 Å². The highest BCUT2D eigenvalue weighted by Crippen LogP contribution is 2.26. The summed E-state index contributed by atoms with van der Waals surface area (Å²) in [5, 5.41) is 15.3. The van der Waals surface area contributed by atoms with Gasteiger partial charge in [0.2, 0.25) is 5.91 Å². The highest BCUT2D eigenvalue weighted by molar-refractivity contribution is 5.98. The molecule has 2 aliphatic rings. The van der Waals surface area contributed by atoms with Crippen molar-refractivity contribution in [3.63, 3.8) is 0 Å². The van der Waals surface area contributed by atoms with Crippen LogP contribution in [-0.4, -0.2) is 76.1 Å². The minimum atomic E-state index is -0.768. The highest BCUT2D eigenvalue weighted by atomic mass is 16.3. The summed E-state index contributed by atoms with van der Waals surface area (Å²) >= 11 is 0. The first kappa shape index (κ1) is 20.9. The van der Waals surface area contributed by atoms with E-state index < -0.39 is 5.60 Å². The Hall–Kier alpha value is -2.38. The van der Waals surface area contributed by atoms with Gasteiger partial charge < -0.3 is 25.2 Å². The van der Waals surface area contributed by atoms with Crippen LogP contribution in [-0.2, 0) is 4.79 Å². The molecule has 0 bridgehead atoms. The van der Waals surface area contributed by atoms with E-state index in [1.54, 1.807) is 6.92 Å². The van der Waals surface area contributed by atoms with Crippen LogP contribution in [0.5, 0.6) is 0 Å². The van der Waals surface area contributed by atoms with Crippen LogP contribution < -0.4 is 5.32 Å². The number of carbonyl (C=O) groups excluding carboxylic acids is 2. The summed E-state index contributed by atoms with van der Waals surface area (Å²) in [6.07, 6.45) is 3.92. The fourth-order valence-corrected chi connectivity index (χ4v) is 4.84. The standard InChI is InChI=1S/C23H32N4O3/c1-17(28)24-19-7-12-26(13-8-19)16-23(30)9-4-11-27(14-10-23)22(29)21-15-18-5-2-3-6-20(18)25-21/h2-3,5-6,15,19,25,30H,4,7-14,16H2,1H3,(H,24,28). The minimum absolute atomic E-state index is 0.00608. The van der Waals surface area contributed by atoms with Crippen molar-refractivity contribution in [1.29, 1.82) is 0 Å². The largest absolute Gasteiger partial charge is 0.388 e. The molecule has 3 heterocycles. The molecule has 1 unspecified atom stereocenters. The Morgan fingerprint density at radius 2 is 1.93 bits per heavy atom. The minimum Gasteiger partial charge on any atom is -0.388 e. The second-order valence-electron chi connectivity index (χ2n) is 8.89. The summed E-state index contributed by atoms with van der Waals surface area (Å²) in [5.41, 5.74) is 0.813. The molecule has 0 aliphatic carbocycles. The first-order chi connectivity index (χ1) is 14.4. The third-order valence-electron chi connectivity index (χ3n) is 6.48. The van der Waals surface area contributed by atoms with Crippen LogP contribution in [0.4, 0.5) is 0 Å². The van der Waals surface area contributed by atoms with Crippen molar-refractivity contribution in [2.45, 2.75) is 50.7 Å². The molecule has 2 aliphatic heterocycles. The summed E-state index contributed by atoms with van der Waals surface area (Å²) in [6, 6.07) is 10.1. The van der Waals surface area contributed by atoms with Crippen LogP contribution in [0, 0.1) is 0 Å². The van der Waals surface area contributed by atoms with Gasteiger partial charge in [-0.2, -0.15) is 0 Å². The van der Waals surface area contributed by atoms with E-state index in [2.05, 4.69) is 15.2 Å². The van der Waals surface area contributed by atoms with Crippen molar-refractivity contribution < 1.29 is 14.7 Å². The number of likely N-dealkylation sites (tertiary alicyclic amines) is 2. The SMILES string of the molecule is CC(=O)NC1CCN(CC2(O)CCCN(C(=O)c3cc4ccccc4[nH]3)CC2)CC1. The van der Waals surface area contributed by atoms with Gasteiger partial charge in [0.25, 0.3) is 5.91 Å². The third-order valence-corrected chi connectivity index (χ3v) is 6.48. The van der Waals surface area contributed by atoms with E-state index in [4.69, 9.17) is 0 Å². The first-order valence-corrected chi connectivity index (χ1v) is 11.0. The zero-order valence-electron chi connectivity index (χ0n) is 17.7. The Morgan fingerprint density at radius 1 is 1.17 bits per heavy atom. The van der Waals surface area contributed by atoms with Crippen LogP contribution in [0.2, 0.25) is 0 Å². The van der Waals surface area contributed by atoms with Crippen molar-refractivity contribution in [2.75, 3.05) is 32.7 Å². The van der Waals surface area contributed by atoms with Gasteiger partial charge in [-0.1, -0.05) is 18.2 Å². The van der Waals surface area contributed by atoms with Crippen molar-refractivity contribution in [2.24, 2.45) is 0 Å². The lowest BCUT2D eigenvalue weighted by atomic mass is 9.93. The Morgan fingerprint density at radius 3 is 2.67 bits per heavy atom. The van der Waals surface area contributed by atoms with Gasteiger partial charge in [-0.25, -0.2) is 0 Å². The van der Waals surface area contributed by atoms with Crippen molar-refractivity contribution in [3.05, 3.63) is 36.0 Å². The monoisotopic (exact) mass is 412 g/mol. The normalized spacial score (nSPS) is 24.0. The van der Waals surface area contributed by atoms with Crippen LogP contribution in [0.3, 0.4) is 0 Å². The molecule has 7 heteroatoms. The maximum atomic E-state index is 13.0. The van der Waals surface area contributed by atoms with Crippen LogP contribution in [0.25, 0.3) is 10.9 Å². The molecule has 2 fully saturated rings. The quantitative estimate of drug-likeness (QED) is 0.718. The molecule has 4 rings (SSSR count). The van der Waals surface area contributed by atoms with E-state index in [-0.39, 0.29) is 17.9 Å². The number of para-hydroxylation sites is 1. The Kier molecular flexibility index (Phi) is 6.11. The molecule has 2 saturated heterocycles. The number of H-pyrrole nitrogens is 1. The summed E-state index contributed by atoms with van der Waals surface area (Å²) < 4.78 is 0. The van der Waals surface area contributed by atoms with Crippen molar-refractivity contribution in [3.8, 4) is 0 Å². The van der Waals surface area contributed by atoms with E-state index in [1.807, 2.05) is 35.2 Å². The number of aromatic amines is 1. The van der Waals surface area contributed by atoms with Gasteiger partial charge >= 0.3 is 0 Å². The van der Waals surface area contributed by atoms with Gasteiger partial charge in [0.1, 0.15) is 5.69 Å². The number of hydrogen-bond donors (Lipinski definition) is 3. The molecule has 30 heavy (non-hydrogen) atoms. The first-order valence-electron chi connectivity index (χ1n) is 11.0. The molecule has 2 amide bonds. The number of hydrogen-bond acceptors (Lipinski definition) is 4. The molecule has 7 nitrogen and oxygen atoms in total. The maximum Gasteiger partial charge on any atom is 0.270 e. The Bertz CT molecular complexity index is 870. The average molecular weight is 413 g/mol. The topological polar surface area (TPSA) is 88.7 Å². The lowest BCUT2D eigenvalue weighted by molar-refractivity contribution is -0.120. The number of aliphatic hydroxyl groups is 1. The number of rotatable bonds is 4. The molecule has 162 valence electrons. The number of nitrogens with zero attached hydrogens (tertiary/aromatic N) is 2. The number of aromatic nitrogens is 1. The zero-order chi connectivity index (χ0) is 21.1. The number of carbonyl (C=O) groups is 2. The fraction of sp³-hybridized carbons (Fsp3) is 0.565. The lowest BCUT2D eigenvalue weighted by Crippen LogP contribution is -2.50. The molecular formula is C23H32N4O3. The lowest BCUT2D eigenvalue weighted by Gasteiger charge is -2.38. The summed E-state index contributed by atoms with van der Waals surface area (Å²) in [6.45, 7) is 5.18. The molecule has 0 spiro atoms. The van der Waals surface area contributed by atoms with Crippen molar-refractivity contribution >= 4 is 22.7 Å². The van der Waals surface area contributed by atoms with E-state index in [0.717, 1.165) is 43.3 Å². The summed E-state index contributed by atoms with van der Waals surface area (Å²) in [4.78, 5) is 31.6. The summed E-state index contributed by atoms with van der Waals surface area (Å²) in [7, 11) is 0. The molecule has 1 aromatic heterocycles. The molecule has 1 atom stereocenters. The number of nitrogens with one attached hydrogen (secondary N) is 2. The fourth-order valence-electron chi connectivity index (χ4n) is 4.84. The molecule has 1 aromatic carbocycles. The average Bonchev–Trinajstić information content (AvgIpc) is 3.06. The van der Waals surface area contributed by atoms with Crippen molar-refractivity contribution in [1.82, 2.24) is 20.1 Å². The molecule has 2 aromatic rings. The molecule has 0 radical (unpaired) electrons. The second kappa shape index (κ2) is 8.78. The predicted molar refractivity (Wildman–Crippen MR) is 116 cm³/mol. The van der Waals surface area contributed by atoms with Crippen LogP contribution in [0.15, 0.2) is 30.3 Å². The number of piperidine rings is 1. The number of benzene rings is 1. The Balaban J connectivity index is 1.33. The van der Waals surface area contributed by atoms with Gasteiger partial charge in [0.05, 0.1) is 5.60 Å². The van der Waals surface area contributed by atoms with Gasteiger partial charge in [-0.3, -0.25) is 9.59 Å². The maximum absolute atomic E-state index is 13.0. The van der Waals surface area contributed by atoms with Crippen LogP contribution in [0.1, 0.15) is 49.5 Å². The molecule has 0 saturated carbocycles. The van der Waals surface area contributed by atoms with Crippen LogP contribution >= 0.6 is 0 Å². The number of amides is 2. The van der Waals surface area contributed by atoms with Gasteiger partial charge in [0, 0.05) is 56.6 Å². The Labute approximate surface area is 177 Å². The van der Waals surface area contributed by atoms with E-state index in [1.165, 1.54) is 0 Å².